The van der Waals surface area contributed by atoms with Crippen LogP contribution >= 0.6 is 11.3 Å². The summed E-state index contributed by atoms with van der Waals surface area (Å²) in [5.41, 5.74) is 8.50. The lowest BCUT2D eigenvalue weighted by atomic mass is 10.1. The first kappa shape index (κ1) is 15.7. The molecule has 0 spiro atoms. The minimum Gasteiger partial charge on any atom is -0.497 e. The van der Waals surface area contributed by atoms with Gasteiger partial charge in [-0.15, -0.1) is 10.2 Å². The fourth-order valence-electron chi connectivity index (χ4n) is 2.64. The minimum atomic E-state index is -0.262. The van der Waals surface area contributed by atoms with E-state index in [4.69, 9.17) is 10.5 Å². The zero-order chi connectivity index (χ0) is 17.2. The number of nitrogens with two attached hydrogens (primary N) is 1. The molecule has 2 aromatic carbocycles. The average molecular weight is 351 g/mol. The Kier molecular flexibility index (Phi) is 4.17. The summed E-state index contributed by atoms with van der Waals surface area (Å²) < 4.78 is 6.97. The zero-order valence-corrected chi connectivity index (χ0v) is 14.5. The fourth-order valence-corrected chi connectivity index (χ4v) is 3.52. The Bertz CT molecular complexity index is 978. The topological polar surface area (TPSA) is 78.3 Å². The van der Waals surface area contributed by atoms with E-state index in [1.165, 1.54) is 11.3 Å². The molecule has 2 aromatic heterocycles. The number of aromatic nitrogens is 4. The number of methoxy groups -OCH3 is 1. The molecule has 126 valence electrons. The summed E-state index contributed by atoms with van der Waals surface area (Å²) in [6.07, 6.45) is 0.648. The van der Waals surface area contributed by atoms with Gasteiger partial charge in [-0.25, -0.2) is 0 Å². The molecule has 6 nitrogen and oxygen atoms in total. The number of hydrogen-bond acceptors (Lipinski definition) is 6. The van der Waals surface area contributed by atoms with E-state index in [9.17, 15) is 0 Å². The van der Waals surface area contributed by atoms with E-state index in [1.807, 2.05) is 54.6 Å². The highest BCUT2D eigenvalue weighted by Crippen LogP contribution is 2.25. The normalized spacial score (nSPS) is 12.4. The van der Waals surface area contributed by atoms with Gasteiger partial charge in [-0.2, -0.15) is 9.61 Å². The first-order valence-corrected chi connectivity index (χ1v) is 8.70. The van der Waals surface area contributed by atoms with E-state index in [1.54, 1.807) is 11.6 Å². The lowest BCUT2D eigenvalue weighted by molar-refractivity contribution is 0.414. The number of hydrogen-bond donors (Lipinski definition) is 1. The first-order chi connectivity index (χ1) is 12.2. The van der Waals surface area contributed by atoms with Gasteiger partial charge in [-0.3, -0.25) is 0 Å². The van der Waals surface area contributed by atoms with Crippen LogP contribution in [-0.2, 0) is 6.42 Å². The summed E-state index contributed by atoms with van der Waals surface area (Å²) in [4.78, 5) is 0.755. The molecule has 2 N–H and O–H groups in total. The van der Waals surface area contributed by atoms with Gasteiger partial charge in [0.1, 0.15) is 10.8 Å². The van der Waals surface area contributed by atoms with Crippen LogP contribution < -0.4 is 10.5 Å². The monoisotopic (exact) mass is 351 g/mol. The third kappa shape index (κ3) is 3.11. The minimum absolute atomic E-state index is 0.262. The standard InChI is InChI=1S/C18H17N5OS/c1-24-14-9-7-12(8-10-14)11-15-20-21-18-23(15)22-17(25-18)16(19)13-5-3-2-4-6-13/h2-10,16H,11,19H2,1H3. The molecular formula is C18H17N5OS. The predicted molar refractivity (Wildman–Crippen MR) is 96.9 cm³/mol. The van der Waals surface area contributed by atoms with Crippen molar-refractivity contribution >= 4 is 16.3 Å². The maximum absolute atomic E-state index is 6.35. The van der Waals surface area contributed by atoms with Crippen LogP contribution in [0.25, 0.3) is 4.96 Å². The SMILES string of the molecule is COc1ccc(Cc2nnc3sc(C(N)c4ccccc4)nn23)cc1. The van der Waals surface area contributed by atoms with E-state index in [0.717, 1.165) is 32.7 Å². The summed E-state index contributed by atoms with van der Waals surface area (Å²) in [6, 6.07) is 17.6. The van der Waals surface area contributed by atoms with Crippen molar-refractivity contribution in [3.8, 4) is 5.75 Å². The van der Waals surface area contributed by atoms with Crippen LogP contribution in [0.3, 0.4) is 0 Å². The quantitative estimate of drug-likeness (QED) is 0.598. The molecule has 0 amide bonds. The van der Waals surface area contributed by atoms with E-state index in [0.29, 0.717) is 6.42 Å². The Morgan fingerprint density at radius 1 is 1.08 bits per heavy atom. The van der Waals surface area contributed by atoms with Gasteiger partial charge in [0, 0.05) is 6.42 Å². The number of ether oxygens (including phenoxy) is 1. The highest BCUT2D eigenvalue weighted by Gasteiger charge is 2.17. The van der Waals surface area contributed by atoms with E-state index < -0.39 is 0 Å². The van der Waals surface area contributed by atoms with Crippen molar-refractivity contribution in [1.29, 1.82) is 0 Å². The Morgan fingerprint density at radius 2 is 1.84 bits per heavy atom. The molecule has 0 radical (unpaired) electrons. The second-order valence-corrected chi connectivity index (χ2v) is 6.65. The molecule has 0 aliphatic carbocycles. The summed E-state index contributed by atoms with van der Waals surface area (Å²) in [7, 11) is 1.66. The van der Waals surface area contributed by atoms with Crippen LogP contribution in [0.2, 0.25) is 0 Å². The lowest BCUT2D eigenvalue weighted by Crippen LogP contribution is -2.12. The molecule has 25 heavy (non-hydrogen) atoms. The molecule has 0 fully saturated rings. The number of nitrogens with zero attached hydrogens (tertiary/aromatic N) is 4. The van der Waals surface area contributed by atoms with Gasteiger partial charge in [-0.05, 0) is 23.3 Å². The van der Waals surface area contributed by atoms with Gasteiger partial charge in [0.25, 0.3) is 0 Å². The molecule has 0 bridgehead atoms. The predicted octanol–water partition coefficient (Wildman–Crippen LogP) is 2.83. The Labute approximate surface area is 148 Å². The fraction of sp³-hybridized carbons (Fsp3) is 0.167. The van der Waals surface area contributed by atoms with Gasteiger partial charge < -0.3 is 10.5 Å². The van der Waals surface area contributed by atoms with Gasteiger partial charge >= 0.3 is 0 Å². The second-order valence-electron chi connectivity index (χ2n) is 5.66. The van der Waals surface area contributed by atoms with Crippen molar-refractivity contribution in [2.24, 2.45) is 5.73 Å². The van der Waals surface area contributed by atoms with Crippen molar-refractivity contribution in [3.63, 3.8) is 0 Å². The van der Waals surface area contributed by atoms with Crippen LogP contribution in [-0.4, -0.2) is 26.9 Å². The molecule has 7 heteroatoms. The summed E-state index contributed by atoms with van der Waals surface area (Å²) in [6.45, 7) is 0. The van der Waals surface area contributed by atoms with Crippen LogP contribution in [0.15, 0.2) is 54.6 Å². The third-order valence-electron chi connectivity index (χ3n) is 4.02. The molecule has 0 aliphatic rings. The van der Waals surface area contributed by atoms with Crippen LogP contribution in [0.4, 0.5) is 0 Å². The average Bonchev–Trinajstić information content (AvgIpc) is 3.24. The first-order valence-electron chi connectivity index (χ1n) is 7.89. The molecule has 4 aromatic rings. The van der Waals surface area contributed by atoms with Crippen molar-refractivity contribution in [1.82, 2.24) is 19.8 Å². The number of fused-ring (bicyclic) bond motifs is 1. The lowest BCUT2D eigenvalue weighted by Gasteiger charge is -2.07. The van der Waals surface area contributed by atoms with Crippen molar-refractivity contribution in [2.45, 2.75) is 12.5 Å². The number of rotatable bonds is 5. The van der Waals surface area contributed by atoms with E-state index in [2.05, 4.69) is 15.3 Å². The van der Waals surface area contributed by atoms with Crippen molar-refractivity contribution in [3.05, 3.63) is 76.6 Å². The summed E-state index contributed by atoms with van der Waals surface area (Å²) in [5, 5.41) is 14.0. The van der Waals surface area contributed by atoms with Crippen LogP contribution in [0, 0.1) is 0 Å². The second kappa shape index (κ2) is 6.62. The molecular weight excluding hydrogens is 334 g/mol. The molecule has 0 aliphatic heterocycles. The zero-order valence-electron chi connectivity index (χ0n) is 13.7. The van der Waals surface area contributed by atoms with Gasteiger partial charge in [-0.1, -0.05) is 53.8 Å². The number of benzene rings is 2. The Hall–Kier alpha value is -2.77. The molecule has 2 heterocycles. The molecule has 0 saturated carbocycles. The smallest absolute Gasteiger partial charge is 0.234 e. The molecule has 0 saturated heterocycles. The van der Waals surface area contributed by atoms with E-state index >= 15 is 0 Å². The largest absolute Gasteiger partial charge is 0.497 e. The molecule has 1 unspecified atom stereocenters. The van der Waals surface area contributed by atoms with E-state index in [-0.39, 0.29) is 6.04 Å². The van der Waals surface area contributed by atoms with Crippen molar-refractivity contribution in [2.75, 3.05) is 7.11 Å². The van der Waals surface area contributed by atoms with Gasteiger partial charge in [0.15, 0.2) is 5.82 Å². The highest BCUT2D eigenvalue weighted by atomic mass is 32.1. The van der Waals surface area contributed by atoms with Crippen LogP contribution in [0.1, 0.15) is 28.0 Å². The Morgan fingerprint density at radius 3 is 2.56 bits per heavy atom. The van der Waals surface area contributed by atoms with Gasteiger partial charge in [0.05, 0.1) is 13.2 Å². The maximum Gasteiger partial charge on any atom is 0.234 e. The van der Waals surface area contributed by atoms with Gasteiger partial charge in [0.2, 0.25) is 4.96 Å². The highest BCUT2D eigenvalue weighted by molar-refractivity contribution is 7.16. The Balaban J connectivity index is 1.61. The molecule has 1 atom stereocenters. The maximum atomic E-state index is 6.35. The molecule has 4 rings (SSSR count). The van der Waals surface area contributed by atoms with Crippen LogP contribution in [0.5, 0.6) is 5.75 Å². The third-order valence-corrected chi connectivity index (χ3v) is 5.00. The summed E-state index contributed by atoms with van der Waals surface area (Å²) >= 11 is 1.47. The summed E-state index contributed by atoms with van der Waals surface area (Å²) in [5.74, 6) is 1.63. The van der Waals surface area contributed by atoms with Crippen molar-refractivity contribution < 1.29 is 4.74 Å².